The van der Waals surface area contributed by atoms with Crippen LogP contribution in [0.5, 0.6) is 11.5 Å². The maximum atomic E-state index is 13.0. The maximum absolute atomic E-state index is 13.0. The Hall–Kier alpha value is -3.27. The lowest BCUT2D eigenvalue weighted by Crippen LogP contribution is -2.25. The van der Waals surface area contributed by atoms with Crippen LogP contribution in [0.2, 0.25) is 0 Å². The smallest absolute Gasteiger partial charge is 0.452 e. The third kappa shape index (κ3) is 3.65. The average Bonchev–Trinajstić information content (AvgIpc) is 3.20. The van der Waals surface area contributed by atoms with E-state index in [1.54, 1.807) is 23.7 Å². The number of hydrogen-bond donors (Lipinski definition) is 1. The van der Waals surface area contributed by atoms with E-state index >= 15 is 0 Å². The fraction of sp³-hybridized carbons (Fsp3) is 0.118. The number of halogens is 2. The molecule has 0 aliphatic carbocycles. The predicted molar refractivity (Wildman–Crippen MR) is 91.2 cm³/mol. The molecule has 0 saturated carbocycles. The number of alkyl halides is 2. The van der Waals surface area contributed by atoms with Crippen LogP contribution >= 0.6 is 11.3 Å². The second-order valence-electron chi connectivity index (χ2n) is 5.49. The van der Waals surface area contributed by atoms with Gasteiger partial charge < -0.3 is 19.5 Å². The number of ether oxygens (including phenoxy) is 3. The van der Waals surface area contributed by atoms with Crippen LogP contribution in [0.25, 0.3) is 10.2 Å². The van der Waals surface area contributed by atoms with Gasteiger partial charge in [-0.05, 0) is 30.3 Å². The van der Waals surface area contributed by atoms with Crippen molar-refractivity contribution in [1.82, 2.24) is 4.98 Å². The Labute approximate surface area is 154 Å². The van der Waals surface area contributed by atoms with Crippen molar-refractivity contribution in [2.24, 2.45) is 0 Å². The first-order valence-electron chi connectivity index (χ1n) is 7.60. The molecule has 0 bridgehead atoms. The SMILES string of the molecule is O=C(COC(=O)c1ccc2ncsc2c1)Nc1ccc2c(c1)OC(F)(F)O2. The van der Waals surface area contributed by atoms with Gasteiger partial charge in [0.05, 0.1) is 21.3 Å². The first-order chi connectivity index (χ1) is 12.9. The zero-order chi connectivity index (χ0) is 19.0. The van der Waals surface area contributed by atoms with Gasteiger partial charge in [-0.25, -0.2) is 9.78 Å². The summed E-state index contributed by atoms with van der Waals surface area (Å²) in [5.74, 6) is -1.63. The Kier molecular flexibility index (Phi) is 4.11. The van der Waals surface area contributed by atoms with E-state index in [0.29, 0.717) is 5.56 Å². The Morgan fingerprint density at radius 3 is 2.81 bits per heavy atom. The molecule has 1 aliphatic heterocycles. The summed E-state index contributed by atoms with van der Waals surface area (Å²) in [7, 11) is 0. The van der Waals surface area contributed by atoms with Gasteiger partial charge in [-0.2, -0.15) is 0 Å². The molecule has 1 N–H and O–H groups in total. The molecule has 0 atom stereocenters. The van der Waals surface area contributed by atoms with Gasteiger partial charge in [0.25, 0.3) is 5.91 Å². The molecular formula is C17H10F2N2O5S. The zero-order valence-electron chi connectivity index (χ0n) is 13.4. The lowest BCUT2D eigenvalue weighted by atomic mass is 10.2. The van der Waals surface area contributed by atoms with Gasteiger partial charge in [0.1, 0.15) is 0 Å². The molecule has 1 aliphatic rings. The van der Waals surface area contributed by atoms with Crippen LogP contribution < -0.4 is 14.8 Å². The molecule has 4 rings (SSSR count). The predicted octanol–water partition coefficient (Wildman–Crippen LogP) is 3.41. The highest BCUT2D eigenvalue weighted by molar-refractivity contribution is 7.16. The minimum Gasteiger partial charge on any atom is -0.452 e. The van der Waals surface area contributed by atoms with Crippen molar-refractivity contribution in [2.45, 2.75) is 6.29 Å². The first-order valence-corrected chi connectivity index (χ1v) is 8.48. The fourth-order valence-corrected chi connectivity index (χ4v) is 3.14. The second kappa shape index (κ2) is 6.47. The summed E-state index contributed by atoms with van der Waals surface area (Å²) in [5, 5.41) is 2.43. The van der Waals surface area contributed by atoms with Crippen molar-refractivity contribution in [3.63, 3.8) is 0 Å². The molecule has 2 heterocycles. The number of hydrogen-bond acceptors (Lipinski definition) is 7. The van der Waals surface area contributed by atoms with Crippen LogP contribution in [0.1, 0.15) is 10.4 Å². The van der Waals surface area contributed by atoms with Crippen molar-refractivity contribution in [3.05, 3.63) is 47.5 Å². The number of esters is 1. The Balaban J connectivity index is 1.35. The average molecular weight is 392 g/mol. The van der Waals surface area contributed by atoms with E-state index in [1.165, 1.54) is 29.5 Å². The Morgan fingerprint density at radius 2 is 1.96 bits per heavy atom. The molecule has 27 heavy (non-hydrogen) atoms. The minimum absolute atomic E-state index is 0.136. The van der Waals surface area contributed by atoms with E-state index < -0.39 is 24.8 Å². The molecule has 0 spiro atoms. The van der Waals surface area contributed by atoms with Gasteiger partial charge >= 0.3 is 12.3 Å². The van der Waals surface area contributed by atoms with Crippen LogP contribution in [0.15, 0.2) is 41.9 Å². The maximum Gasteiger partial charge on any atom is 0.586 e. The number of nitrogens with one attached hydrogen (secondary N) is 1. The lowest BCUT2D eigenvalue weighted by molar-refractivity contribution is -0.286. The van der Waals surface area contributed by atoms with Crippen LogP contribution in [0.4, 0.5) is 14.5 Å². The van der Waals surface area contributed by atoms with Gasteiger partial charge in [0.15, 0.2) is 18.1 Å². The number of anilines is 1. The Bertz CT molecular complexity index is 1050. The van der Waals surface area contributed by atoms with E-state index in [0.717, 1.165) is 10.2 Å². The molecule has 7 nitrogen and oxygen atoms in total. The number of rotatable bonds is 4. The number of benzene rings is 2. The molecule has 2 aromatic carbocycles. The Morgan fingerprint density at radius 1 is 1.15 bits per heavy atom. The topological polar surface area (TPSA) is 86.8 Å². The van der Waals surface area contributed by atoms with E-state index in [9.17, 15) is 18.4 Å². The molecule has 1 aromatic heterocycles. The lowest BCUT2D eigenvalue weighted by Gasteiger charge is -2.07. The minimum atomic E-state index is -3.74. The van der Waals surface area contributed by atoms with Gasteiger partial charge in [-0.15, -0.1) is 20.1 Å². The number of nitrogens with zero attached hydrogens (tertiary/aromatic N) is 1. The van der Waals surface area contributed by atoms with Gasteiger partial charge in [-0.3, -0.25) is 4.79 Å². The molecule has 138 valence electrons. The number of aromatic nitrogens is 1. The molecule has 0 fully saturated rings. The van der Waals surface area contributed by atoms with Crippen molar-refractivity contribution >= 4 is 39.1 Å². The molecule has 3 aromatic rings. The van der Waals surface area contributed by atoms with Crippen LogP contribution in [-0.2, 0) is 9.53 Å². The normalized spacial score (nSPS) is 14.1. The van der Waals surface area contributed by atoms with Crippen LogP contribution in [0, 0.1) is 0 Å². The molecule has 0 radical (unpaired) electrons. The molecule has 10 heteroatoms. The summed E-state index contributed by atoms with van der Waals surface area (Å²) in [6.45, 7) is -0.538. The summed E-state index contributed by atoms with van der Waals surface area (Å²) >= 11 is 1.38. The largest absolute Gasteiger partial charge is 0.586 e. The third-order valence-corrected chi connectivity index (χ3v) is 4.38. The fourth-order valence-electron chi connectivity index (χ4n) is 2.42. The number of fused-ring (bicyclic) bond motifs is 2. The molecule has 0 saturated heterocycles. The van der Waals surface area contributed by atoms with Crippen molar-refractivity contribution in [1.29, 1.82) is 0 Å². The summed E-state index contributed by atoms with van der Waals surface area (Å²) in [6, 6.07) is 8.66. The van der Waals surface area contributed by atoms with E-state index in [-0.39, 0.29) is 17.2 Å². The quantitative estimate of drug-likeness (QED) is 0.685. The van der Waals surface area contributed by atoms with E-state index in [4.69, 9.17) is 4.74 Å². The van der Waals surface area contributed by atoms with Gasteiger partial charge in [0, 0.05) is 11.8 Å². The monoisotopic (exact) mass is 392 g/mol. The third-order valence-electron chi connectivity index (χ3n) is 3.59. The first kappa shape index (κ1) is 17.2. The van der Waals surface area contributed by atoms with Gasteiger partial charge in [0.2, 0.25) is 0 Å². The molecule has 1 amide bonds. The van der Waals surface area contributed by atoms with Crippen molar-refractivity contribution < 1.29 is 32.6 Å². The summed E-state index contributed by atoms with van der Waals surface area (Å²) in [4.78, 5) is 28.1. The van der Waals surface area contributed by atoms with E-state index in [1.807, 2.05) is 0 Å². The summed E-state index contributed by atoms with van der Waals surface area (Å²) < 4.78 is 40.3. The van der Waals surface area contributed by atoms with Crippen molar-refractivity contribution in [3.8, 4) is 11.5 Å². The van der Waals surface area contributed by atoms with Crippen LogP contribution in [-0.4, -0.2) is 29.8 Å². The highest BCUT2D eigenvalue weighted by Crippen LogP contribution is 2.42. The summed E-state index contributed by atoms with van der Waals surface area (Å²) in [6.07, 6.45) is -3.74. The second-order valence-corrected chi connectivity index (χ2v) is 6.37. The number of carbonyl (C=O) groups excluding carboxylic acids is 2. The molecule has 0 unspecified atom stereocenters. The van der Waals surface area contributed by atoms with Gasteiger partial charge in [-0.1, -0.05) is 0 Å². The number of carbonyl (C=O) groups is 2. The standard InChI is InChI=1S/C17H10F2N2O5S/c18-17(19)25-12-4-2-10(6-13(12)26-17)21-15(22)7-24-16(23)9-1-3-11-14(5-9)27-8-20-11/h1-6,8H,7H2,(H,21,22). The highest BCUT2D eigenvalue weighted by atomic mass is 32.1. The number of amides is 1. The van der Waals surface area contributed by atoms with Crippen molar-refractivity contribution in [2.75, 3.05) is 11.9 Å². The van der Waals surface area contributed by atoms with E-state index in [2.05, 4.69) is 19.8 Å². The molecular weight excluding hydrogens is 382 g/mol. The highest BCUT2D eigenvalue weighted by Gasteiger charge is 2.43. The number of thiazole rings is 1. The zero-order valence-corrected chi connectivity index (χ0v) is 14.2. The summed E-state index contributed by atoms with van der Waals surface area (Å²) in [5.41, 5.74) is 2.92. The van der Waals surface area contributed by atoms with Crippen LogP contribution in [0.3, 0.4) is 0 Å².